The normalized spacial score (nSPS) is 20.7. The van der Waals surface area contributed by atoms with Gasteiger partial charge in [0.2, 0.25) is 0 Å². The Hall–Kier alpha value is -0.670. The van der Waals surface area contributed by atoms with Gasteiger partial charge in [0.15, 0.2) is 0 Å². The van der Waals surface area contributed by atoms with Gasteiger partial charge in [-0.1, -0.05) is 12.1 Å². The Morgan fingerprint density at radius 3 is 2.43 bits per heavy atom. The molecule has 0 unspecified atom stereocenters. The molecule has 3 rings (SSSR count). The SMILES string of the molecule is c1cc(N2CCCCC2)ccc1CNCC1CCSCC1. The van der Waals surface area contributed by atoms with E-state index in [0.717, 1.165) is 12.5 Å². The Kier molecular flexibility index (Phi) is 5.87. The number of benzene rings is 1. The molecule has 2 fully saturated rings. The van der Waals surface area contributed by atoms with E-state index < -0.39 is 0 Å². The highest BCUT2D eigenvalue weighted by molar-refractivity contribution is 7.99. The molecule has 0 aromatic heterocycles. The lowest BCUT2D eigenvalue weighted by Crippen LogP contribution is -2.29. The Morgan fingerprint density at radius 2 is 1.71 bits per heavy atom. The molecule has 1 aromatic rings. The Balaban J connectivity index is 1.43. The lowest BCUT2D eigenvalue weighted by molar-refractivity contribution is 0.447. The molecule has 0 atom stereocenters. The monoisotopic (exact) mass is 304 g/mol. The van der Waals surface area contributed by atoms with Crippen LogP contribution < -0.4 is 10.2 Å². The fraction of sp³-hybridized carbons (Fsp3) is 0.667. The van der Waals surface area contributed by atoms with Gasteiger partial charge >= 0.3 is 0 Å². The van der Waals surface area contributed by atoms with Crippen LogP contribution in [0.3, 0.4) is 0 Å². The van der Waals surface area contributed by atoms with E-state index in [9.17, 15) is 0 Å². The molecule has 0 aliphatic carbocycles. The van der Waals surface area contributed by atoms with Crippen molar-refractivity contribution in [2.24, 2.45) is 5.92 Å². The van der Waals surface area contributed by atoms with Gasteiger partial charge in [-0.3, -0.25) is 0 Å². The van der Waals surface area contributed by atoms with Crippen molar-refractivity contribution >= 4 is 17.4 Å². The summed E-state index contributed by atoms with van der Waals surface area (Å²) in [6, 6.07) is 9.21. The maximum absolute atomic E-state index is 3.65. The minimum absolute atomic E-state index is 0.902. The highest BCUT2D eigenvalue weighted by Gasteiger charge is 2.13. The van der Waals surface area contributed by atoms with Gasteiger partial charge in [-0.05, 0) is 73.8 Å². The maximum atomic E-state index is 3.65. The Bertz CT molecular complexity index is 406. The first kappa shape index (κ1) is 15.2. The summed E-state index contributed by atoms with van der Waals surface area (Å²) in [5.74, 6) is 3.62. The van der Waals surface area contributed by atoms with Crippen LogP contribution in [-0.4, -0.2) is 31.1 Å². The summed E-state index contributed by atoms with van der Waals surface area (Å²) in [6.07, 6.45) is 6.89. The van der Waals surface area contributed by atoms with Crippen molar-refractivity contribution in [1.29, 1.82) is 0 Å². The molecule has 0 radical (unpaired) electrons. The lowest BCUT2D eigenvalue weighted by atomic mass is 10.0. The number of anilines is 1. The summed E-state index contributed by atoms with van der Waals surface area (Å²) in [6.45, 7) is 4.67. The van der Waals surface area contributed by atoms with E-state index in [1.807, 2.05) is 0 Å². The zero-order chi connectivity index (χ0) is 14.3. The quantitative estimate of drug-likeness (QED) is 0.888. The number of hydrogen-bond acceptors (Lipinski definition) is 3. The first-order chi connectivity index (χ1) is 10.4. The fourth-order valence-electron chi connectivity index (χ4n) is 3.35. The van der Waals surface area contributed by atoms with Crippen molar-refractivity contribution in [3.63, 3.8) is 0 Å². The van der Waals surface area contributed by atoms with E-state index >= 15 is 0 Å². The molecule has 116 valence electrons. The van der Waals surface area contributed by atoms with Crippen LogP contribution in [0.25, 0.3) is 0 Å². The van der Waals surface area contributed by atoms with Gasteiger partial charge in [0.25, 0.3) is 0 Å². The lowest BCUT2D eigenvalue weighted by Gasteiger charge is -2.29. The van der Waals surface area contributed by atoms with Crippen LogP contribution >= 0.6 is 11.8 Å². The number of hydrogen-bond donors (Lipinski definition) is 1. The van der Waals surface area contributed by atoms with Gasteiger partial charge in [0, 0.05) is 25.3 Å². The third-order valence-corrected chi connectivity index (χ3v) is 5.81. The van der Waals surface area contributed by atoms with E-state index in [4.69, 9.17) is 0 Å². The van der Waals surface area contributed by atoms with Gasteiger partial charge < -0.3 is 10.2 Å². The van der Waals surface area contributed by atoms with Crippen molar-refractivity contribution in [3.8, 4) is 0 Å². The van der Waals surface area contributed by atoms with Gasteiger partial charge in [-0.2, -0.15) is 11.8 Å². The Labute approximate surface area is 133 Å². The third kappa shape index (κ3) is 4.65. The molecule has 2 aliphatic rings. The van der Waals surface area contributed by atoms with Crippen molar-refractivity contribution in [2.45, 2.75) is 38.6 Å². The summed E-state index contributed by atoms with van der Waals surface area (Å²) in [5.41, 5.74) is 2.82. The van der Waals surface area contributed by atoms with Crippen LogP contribution in [-0.2, 0) is 6.54 Å². The molecular formula is C18H28N2S. The zero-order valence-electron chi connectivity index (χ0n) is 13.0. The molecule has 0 amide bonds. The minimum atomic E-state index is 0.902. The number of nitrogens with one attached hydrogen (secondary N) is 1. The highest BCUT2D eigenvalue weighted by atomic mass is 32.2. The second kappa shape index (κ2) is 8.09. The number of nitrogens with zero attached hydrogens (tertiary/aromatic N) is 1. The molecular weight excluding hydrogens is 276 g/mol. The van der Waals surface area contributed by atoms with E-state index in [0.29, 0.717) is 0 Å². The molecule has 0 saturated carbocycles. The zero-order valence-corrected chi connectivity index (χ0v) is 13.8. The predicted octanol–water partition coefficient (Wildman–Crippen LogP) is 3.91. The minimum Gasteiger partial charge on any atom is -0.372 e. The molecule has 2 nitrogen and oxygen atoms in total. The van der Waals surface area contributed by atoms with Crippen molar-refractivity contribution in [2.75, 3.05) is 36.0 Å². The number of piperidine rings is 1. The van der Waals surface area contributed by atoms with Gasteiger partial charge in [0.05, 0.1) is 0 Å². The standard InChI is InChI=1S/C18H28N2S/c1-2-10-20(11-3-1)18-6-4-16(5-7-18)14-19-15-17-8-12-21-13-9-17/h4-7,17,19H,1-3,8-15H2. The highest BCUT2D eigenvalue weighted by Crippen LogP contribution is 2.22. The van der Waals surface area contributed by atoms with Crippen molar-refractivity contribution in [1.82, 2.24) is 5.32 Å². The van der Waals surface area contributed by atoms with Crippen LogP contribution in [0.4, 0.5) is 5.69 Å². The molecule has 3 heteroatoms. The maximum Gasteiger partial charge on any atom is 0.0366 e. The molecule has 1 N–H and O–H groups in total. The molecule has 0 spiro atoms. The van der Waals surface area contributed by atoms with Crippen molar-refractivity contribution in [3.05, 3.63) is 29.8 Å². The third-order valence-electron chi connectivity index (χ3n) is 4.76. The fourth-order valence-corrected chi connectivity index (χ4v) is 4.55. The van der Waals surface area contributed by atoms with E-state index in [-0.39, 0.29) is 0 Å². The van der Waals surface area contributed by atoms with Gasteiger partial charge in [-0.25, -0.2) is 0 Å². The summed E-state index contributed by atoms with van der Waals surface area (Å²) in [7, 11) is 0. The summed E-state index contributed by atoms with van der Waals surface area (Å²) >= 11 is 2.11. The molecule has 21 heavy (non-hydrogen) atoms. The number of thioether (sulfide) groups is 1. The smallest absolute Gasteiger partial charge is 0.0366 e. The predicted molar refractivity (Wildman–Crippen MR) is 94.3 cm³/mol. The topological polar surface area (TPSA) is 15.3 Å². The largest absolute Gasteiger partial charge is 0.372 e. The van der Waals surface area contributed by atoms with Gasteiger partial charge in [-0.15, -0.1) is 0 Å². The van der Waals surface area contributed by atoms with Crippen LogP contribution in [0, 0.1) is 5.92 Å². The molecule has 2 heterocycles. The summed E-state index contributed by atoms with van der Waals surface area (Å²) in [5, 5.41) is 3.65. The molecule has 1 aromatic carbocycles. The Morgan fingerprint density at radius 1 is 1.00 bits per heavy atom. The molecule has 2 saturated heterocycles. The van der Waals surface area contributed by atoms with E-state index in [1.165, 1.54) is 74.5 Å². The van der Waals surface area contributed by atoms with Crippen LogP contribution in [0.1, 0.15) is 37.7 Å². The first-order valence-corrected chi connectivity index (χ1v) is 9.69. The first-order valence-electron chi connectivity index (χ1n) is 8.54. The summed E-state index contributed by atoms with van der Waals surface area (Å²) in [4.78, 5) is 2.53. The second-order valence-corrected chi connectivity index (χ2v) is 7.63. The second-order valence-electron chi connectivity index (χ2n) is 6.40. The van der Waals surface area contributed by atoms with Crippen molar-refractivity contribution < 1.29 is 0 Å². The number of rotatable bonds is 5. The van der Waals surface area contributed by atoms with E-state index in [2.05, 4.69) is 46.2 Å². The van der Waals surface area contributed by atoms with Crippen LogP contribution in [0.2, 0.25) is 0 Å². The van der Waals surface area contributed by atoms with Crippen LogP contribution in [0.15, 0.2) is 24.3 Å². The molecule has 0 bridgehead atoms. The molecule has 2 aliphatic heterocycles. The van der Waals surface area contributed by atoms with E-state index in [1.54, 1.807) is 0 Å². The van der Waals surface area contributed by atoms with Crippen LogP contribution in [0.5, 0.6) is 0 Å². The average Bonchev–Trinajstić information content (AvgIpc) is 2.57. The average molecular weight is 305 g/mol. The van der Waals surface area contributed by atoms with Gasteiger partial charge in [0.1, 0.15) is 0 Å². The summed E-state index contributed by atoms with van der Waals surface area (Å²) < 4.78 is 0.